The lowest BCUT2D eigenvalue weighted by atomic mass is 9.72. The SMILES string of the molecule is CCOc1cc(Cl)nn2c(-c3ccccc3)c(-c3ccc(C4(N)CCC4)cc3)nc12.NC1(c2ccc(-c3nc4c(OCc5ccccc5)cc(Cl)nn4c3-c3ccccc3)cc2)CCC1. The van der Waals surface area contributed by atoms with E-state index in [1.165, 1.54) is 24.0 Å². The van der Waals surface area contributed by atoms with Gasteiger partial charge in [-0.05, 0) is 62.1 Å². The highest BCUT2D eigenvalue weighted by atomic mass is 35.5. The van der Waals surface area contributed by atoms with Gasteiger partial charge < -0.3 is 20.9 Å². The maximum Gasteiger partial charge on any atom is 0.197 e. The van der Waals surface area contributed by atoms with E-state index >= 15 is 0 Å². The molecule has 2 aliphatic rings. The summed E-state index contributed by atoms with van der Waals surface area (Å²) in [5, 5.41) is 9.85. The average Bonchev–Trinajstić information content (AvgIpc) is 3.90. The molecule has 12 heteroatoms. The predicted molar refractivity (Wildman–Crippen MR) is 259 cm³/mol. The van der Waals surface area contributed by atoms with Gasteiger partial charge in [0.2, 0.25) is 0 Å². The van der Waals surface area contributed by atoms with Gasteiger partial charge in [0.15, 0.2) is 33.1 Å². The van der Waals surface area contributed by atoms with E-state index in [9.17, 15) is 0 Å². The molecule has 0 atom stereocenters. The van der Waals surface area contributed by atoms with Crippen molar-refractivity contribution in [2.75, 3.05) is 6.61 Å². The van der Waals surface area contributed by atoms with Crippen molar-refractivity contribution in [1.82, 2.24) is 29.2 Å². The highest BCUT2D eigenvalue weighted by molar-refractivity contribution is 6.29. The first-order chi connectivity index (χ1) is 31.7. The van der Waals surface area contributed by atoms with E-state index in [1.807, 2.05) is 85.8 Å². The molecule has 0 saturated heterocycles. The molecule has 0 bridgehead atoms. The van der Waals surface area contributed by atoms with Crippen molar-refractivity contribution in [1.29, 1.82) is 0 Å². The zero-order valence-electron chi connectivity index (χ0n) is 36.0. The van der Waals surface area contributed by atoms with Gasteiger partial charge in [-0.15, -0.1) is 0 Å². The quantitative estimate of drug-likeness (QED) is 0.131. The highest BCUT2D eigenvalue weighted by Gasteiger charge is 2.35. The number of hydrogen-bond donors (Lipinski definition) is 2. The summed E-state index contributed by atoms with van der Waals surface area (Å²) in [4.78, 5) is 9.95. The number of halogens is 2. The minimum absolute atomic E-state index is 0.184. The van der Waals surface area contributed by atoms with E-state index in [2.05, 4.69) is 70.9 Å². The Morgan fingerprint density at radius 3 is 1.31 bits per heavy atom. The predicted octanol–water partition coefficient (Wildman–Crippen LogP) is 12.1. The molecule has 10 nitrogen and oxygen atoms in total. The standard InChI is InChI=1S/C29H25ClN4O.C24H23ClN4O/c30-25-18-24(35-19-20-8-3-1-4-9-20)28-32-26(27(34(28)33-25)22-10-5-2-6-11-22)21-12-14-23(15-13-21)29(31)16-7-17-29;1-2-30-19-15-20(25)28-29-22(17-7-4-3-5-8-17)21(27-23(19)29)16-9-11-18(12-10-16)24(26)13-6-14-24/h1-6,8-15,18H,7,16-17,19,31H2;3-5,7-12,15H,2,6,13-14,26H2,1H3. The zero-order valence-corrected chi connectivity index (χ0v) is 37.5. The molecule has 326 valence electrons. The van der Waals surface area contributed by atoms with Crippen LogP contribution in [0.15, 0.2) is 152 Å². The van der Waals surface area contributed by atoms with Gasteiger partial charge in [-0.3, -0.25) is 0 Å². The highest BCUT2D eigenvalue weighted by Crippen LogP contribution is 2.42. The summed E-state index contributed by atoms with van der Waals surface area (Å²) in [5.74, 6) is 1.21. The summed E-state index contributed by atoms with van der Waals surface area (Å²) in [7, 11) is 0. The van der Waals surface area contributed by atoms with Crippen LogP contribution in [0.5, 0.6) is 11.5 Å². The Morgan fingerprint density at radius 2 is 0.923 bits per heavy atom. The van der Waals surface area contributed by atoms with E-state index in [4.69, 9.17) is 54.1 Å². The molecule has 9 aromatic rings. The minimum atomic E-state index is -0.201. The number of rotatable bonds is 11. The fourth-order valence-electron chi connectivity index (χ4n) is 8.76. The molecule has 4 heterocycles. The van der Waals surface area contributed by atoms with Crippen LogP contribution >= 0.6 is 23.2 Å². The maximum atomic E-state index is 6.55. The second kappa shape index (κ2) is 17.8. The maximum absolute atomic E-state index is 6.55. The second-order valence-corrected chi connectivity index (χ2v) is 17.6. The van der Waals surface area contributed by atoms with Gasteiger partial charge in [-0.1, -0.05) is 163 Å². The van der Waals surface area contributed by atoms with Crippen LogP contribution in [0.3, 0.4) is 0 Å². The van der Waals surface area contributed by atoms with Gasteiger partial charge >= 0.3 is 0 Å². The molecule has 4 aromatic heterocycles. The van der Waals surface area contributed by atoms with E-state index in [1.54, 1.807) is 21.2 Å². The Labute approximate surface area is 387 Å². The molecule has 2 saturated carbocycles. The van der Waals surface area contributed by atoms with Gasteiger partial charge in [-0.2, -0.15) is 10.2 Å². The molecule has 2 fully saturated rings. The Morgan fingerprint density at radius 1 is 0.523 bits per heavy atom. The first-order valence-electron chi connectivity index (χ1n) is 22.1. The molecule has 4 N–H and O–H groups in total. The Bertz CT molecular complexity index is 3100. The number of fused-ring (bicyclic) bond motifs is 2. The van der Waals surface area contributed by atoms with Crippen molar-refractivity contribution >= 4 is 34.5 Å². The third-order valence-electron chi connectivity index (χ3n) is 12.6. The van der Waals surface area contributed by atoms with Crippen molar-refractivity contribution in [3.05, 3.63) is 179 Å². The summed E-state index contributed by atoms with van der Waals surface area (Å²) in [5.41, 5.74) is 24.8. The zero-order chi connectivity index (χ0) is 44.5. The number of hydrogen-bond acceptors (Lipinski definition) is 8. The van der Waals surface area contributed by atoms with Crippen LogP contribution in [0.4, 0.5) is 0 Å². The summed E-state index contributed by atoms with van der Waals surface area (Å²) in [6.07, 6.45) is 6.50. The minimum Gasteiger partial charge on any atom is -0.490 e. The second-order valence-electron chi connectivity index (χ2n) is 16.9. The summed E-state index contributed by atoms with van der Waals surface area (Å²) >= 11 is 12.8. The molecule has 11 rings (SSSR count). The van der Waals surface area contributed by atoms with Gasteiger partial charge in [-0.25, -0.2) is 19.0 Å². The van der Waals surface area contributed by atoms with Crippen molar-refractivity contribution in [3.63, 3.8) is 0 Å². The largest absolute Gasteiger partial charge is 0.490 e. The summed E-state index contributed by atoms with van der Waals surface area (Å²) < 4.78 is 15.6. The average molecular weight is 900 g/mol. The third-order valence-corrected chi connectivity index (χ3v) is 13.0. The number of nitrogens with two attached hydrogens (primary N) is 2. The first kappa shape index (κ1) is 42.4. The van der Waals surface area contributed by atoms with E-state index in [0.717, 1.165) is 76.3 Å². The Kier molecular flexibility index (Phi) is 11.6. The number of aromatic nitrogens is 6. The van der Waals surface area contributed by atoms with Crippen LogP contribution in [0.1, 0.15) is 62.1 Å². The van der Waals surface area contributed by atoms with Gasteiger partial charge in [0.05, 0.1) is 18.0 Å². The van der Waals surface area contributed by atoms with Crippen LogP contribution in [0, 0.1) is 0 Å². The topological polar surface area (TPSA) is 131 Å². The first-order valence-corrected chi connectivity index (χ1v) is 22.8. The fourth-order valence-corrected chi connectivity index (χ4v) is 9.11. The van der Waals surface area contributed by atoms with Crippen LogP contribution in [0.25, 0.3) is 56.3 Å². The molecule has 0 aliphatic heterocycles. The Balaban J connectivity index is 0.000000155. The van der Waals surface area contributed by atoms with Crippen molar-refractivity contribution in [2.45, 2.75) is 63.1 Å². The normalized spacial score (nSPS) is 14.8. The van der Waals surface area contributed by atoms with Gasteiger partial charge in [0.1, 0.15) is 18.0 Å². The van der Waals surface area contributed by atoms with Crippen LogP contribution in [-0.4, -0.2) is 35.8 Å². The van der Waals surface area contributed by atoms with Crippen molar-refractivity contribution in [2.24, 2.45) is 11.5 Å². The number of imidazole rings is 2. The van der Waals surface area contributed by atoms with Crippen LogP contribution in [0.2, 0.25) is 10.3 Å². The smallest absolute Gasteiger partial charge is 0.197 e. The van der Waals surface area contributed by atoms with Crippen LogP contribution in [-0.2, 0) is 17.7 Å². The molecule has 2 aliphatic carbocycles. The molecule has 0 unspecified atom stereocenters. The van der Waals surface area contributed by atoms with Gasteiger partial charge in [0.25, 0.3) is 0 Å². The summed E-state index contributed by atoms with van der Waals surface area (Å²) in [6, 6.07) is 50.6. The lowest BCUT2D eigenvalue weighted by molar-refractivity contribution is 0.253. The van der Waals surface area contributed by atoms with Crippen LogP contribution < -0.4 is 20.9 Å². The number of ether oxygens (including phenoxy) is 2. The van der Waals surface area contributed by atoms with E-state index in [-0.39, 0.29) is 11.1 Å². The molecule has 65 heavy (non-hydrogen) atoms. The lowest BCUT2D eigenvalue weighted by Gasteiger charge is -2.38. The molecule has 0 radical (unpaired) electrons. The molecular weight excluding hydrogens is 852 g/mol. The molecule has 0 spiro atoms. The lowest BCUT2D eigenvalue weighted by Crippen LogP contribution is -2.43. The van der Waals surface area contributed by atoms with Gasteiger partial charge in [0, 0.05) is 45.5 Å². The molecular formula is C53H48Cl2N8O2. The van der Waals surface area contributed by atoms with Crippen molar-refractivity contribution < 1.29 is 9.47 Å². The number of nitrogens with zero attached hydrogens (tertiary/aromatic N) is 6. The van der Waals surface area contributed by atoms with E-state index < -0.39 is 0 Å². The fraction of sp³-hybridized carbons (Fsp3) is 0.208. The van der Waals surface area contributed by atoms with Crippen molar-refractivity contribution in [3.8, 4) is 56.5 Å². The number of benzene rings is 5. The molecule has 5 aromatic carbocycles. The Hall–Kier alpha value is -6.56. The third kappa shape index (κ3) is 8.35. The monoisotopic (exact) mass is 898 g/mol. The van der Waals surface area contributed by atoms with E-state index in [0.29, 0.717) is 46.3 Å². The summed E-state index contributed by atoms with van der Waals surface area (Å²) in [6.45, 7) is 2.87. The molecule has 0 amide bonds.